The predicted octanol–water partition coefficient (Wildman–Crippen LogP) is 1.00. The standard InChI is InChI=1S/C15H14N6O/c16-3-2-15(5-11(22)6-15)21-8-10(7-20-21)13-12-1-4-17-14(12)19-9-18-13/h1,4,7-9,11,22H,2,5-6H2,(H,17,18,19)/p+1. The van der Waals surface area contributed by atoms with E-state index in [-0.39, 0.29) is 11.6 Å². The number of aliphatic hydroxyl groups excluding tert-OH is 1. The zero-order chi connectivity index (χ0) is 15.2. The first kappa shape index (κ1) is 13.0. The fraction of sp³-hybridized carbons (Fsp3) is 0.333. The second-order valence-corrected chi connectivity index (χ2v) is 5.81. The molecule has 3 heterocycles. The van der Waals surface area contributed by atoms with Gasteiger partial charge in [0.2, 0.25) is 11.7 Å². The third-order valence-electron chi connectivity index (χ3n) is 4.41. The molecule has 0 unspecified atom stereocenters. The lowest BCUT2D eigenvalue weighted by atomic mass is 9.72. The van der Waals surface area contributed by atoms with E-state index in [0.717, 1.165) is 22.3 Å². The zero-order valence-electron chi connectivity index (χ0n) is 11.8. The lowest BCUT2D eigenvalue weighted by molar-refractivity contribution is -0.824. The van der Waals surface area contributed by atoms with Crippen LogP contribution >= 0.6 is 0 Å². The summed E-state index contributed by atoms with van der Waals surface area (Å²) in [4.78, 5) is 11.6. The second-order valence-electron chi connectivity index (χ2n) is 5.81. The molecule has 0 radical (unpaired) electrons. The van der Waals surface area contributed by atoms with Crippen LogP contribution in [0.2, 0.25) is 0 Å². The molecule has 0 aromatic carbocycles. The van der Waals surface area contributed by atoms with Crippen molar-refractivity contribution in [1.29, 1.82) is 5.26 Å². The molecular formula is C15H15N6O+. The molecule has 0 saturated heterocycles. The summed E-state index contributed by atoms with van der Waals surface area (Å²) in [6, 6.07) is 4.17. The van der Waals surface area contributed by atoms with Crippen molar-refractivity contribution >= 4 is 11.0 Å². The first-order chi connectivity index (χ1) is 10.7. The van der Waals surface area contributed by atoms with Gasteiger partial charge in [0.15, 0.2) is 0 Å². The van der Waals surface area contributed by atoms with Crippen molar-refractivity contribution in [3.05, 3.63) is 31.0 Å². The minimum atomic E-state index is -0.337. The van der Waals surface area contributed by atoms with Crippen molar-refractivity contribution in [2.24, 2.45) is 0 Å². The minimum Gasteiger partial charge on any atom is -0.393 e. The van der Waals surface area contributed by atoms with Gasteiger partial charge in [0.1, 0.15) is 18.4 Å². The Balaban J connectivity index is 1.76. The number of nitrogens with one attached hydrogen (secondary N) is 2. The molecule has 3 aromatic heterocycles. The van der Waals surface area contributed by atoms with Gasteiger partial charge in [-0.05, 0) is 6.07 Å². The number of rotatable bonds is 3. The van der Waals surface area contributed by atoms with E-state index in [0.29, 0.717) is 19.3 Å². The molecule has 1 aliphatic rings. The maximum Gasteiger partial charge on any atom is 0.208 e. The molecule has 7 nitrogen and oxygen atoms in total. The van der Waals surface area contributed by atoms with Gasteiger partial charge in [0.25, 0.3) is 0 Å². The summed E-state index contributed by atoms with van der Waals surface area (Å²) in [6.07, 6.45) is 8.42. The van der Waals surface area contributed by atoms with Crippen LogP contribution in [0.15, 0.2) is 31.0 Å². The molecule has 0 amide bonds. The van der Waals surface area contributed by atoms with E-state index in [4.69, 9.17) is 5.26 Å². The van der Waals surface area contributed by atoms with E-state index >= 15 is 0 Å². The van der Waals surface area contributed by atoms with Crippen molar-refractivity contribution in [2.45, 2.75) is 30.9 Å². The number of aromatic amines is 2. The molecular weight excluding hydrogens is 280 g/mol. The molecule has 0 atom stereocenters. The average Bonchev–Trinajstić information content (AvgIpc) is 3.14. The van der Waals surface area contributed by atoms with Gasteiger partial charge in [0.05, 0.1) is 29.6 Å². The lowest BCUT2D eigenvalue weighted by Crippen LogP contribution is -2.65. The zero-order valence-corrected chi connectivity index (χ0v) is 11.8. The van der Waals surface area contributed by atoms with Crippen molar-refractivity contribution < 1.29 is 9.79 Å². The predicted molar refractivity (Wildman–Crippen MR) is 77.3 cm³/mol. The van der Waals surface area contributed by atoms with Gasteiger partial charge in [-0.25, -0.2) is 9.97 Å². The Labute approximate surface area is 126 Å². The number of hydrogen-bond acceptors (Lipinski definition) is 4. The molecule has 3 N–H and O–H groups in total. The summed E-state index contributed by atoms with van der Waals surface area (Å²) in [5.74, 6) is 0. The monoisotopic (exact) mass is 295 g/mol. The Kier molecular flexibility index (Phi) is 2.74. The third-order valence-corrected chi connectivity index (χ3v) is 4.41. The van der Waals surface area contributed by atoms with Crippen LogP contribution in [0.4, 0.5) is 0 Å². The minimum absolute atomic E-state index is 0.331. The van der Waals surface area contributed by atoms with E-state index in [2.05, 4.69) is 26.1 Å². The third kappa shape index (κ3) is 1.81. The smallest absolute Gasteiger partial charge is 0.208 e. The highest BCUT2D eigenvalue weighted by atomic mass is 16.3. The van der Waals surface area contributed by atoms with Crippen molar-refractivity contribution in [1.82, 2.24) is 20.1 Å². The van der Waals surface area contributed by atoms with Gasteiger partial charge in [0, 0.05) is 24.4 Å². The Morgan fingerprint density at radius 2 is 2.32 bits per heavy atom. The highest BCUT2D eigenvalue weighted by molar-refractivity contribution is 5.89. The number of aliphatic hydroxyl groups is 1. The first-order valence-corrected chi connectivity index (χ1v) is 7.16. The van der Waals surface area contributed by atoms with E-state index in [1.165, 1.54) is 6.33 Å². The summed E-state index contributed by atoms with van der Waals surface area (Å²) in [5.41, 5.74) is 2.24. The van der Waals surface area contributed by atoms with Gasteiger partial charge in [-0.2, -0.15) is 10.4 Å². The maximum atomic E-state index is 9.65. The van der Waals surface area contributed by atoms with Crippen LogP contribution in [0, 0.1) is 11.3 Å². The van der Waals surface area contributed by atoms with Crippen LogP contribution < -0.4 is 4.68 Å². The maximum absolute atomic E-state index is 9.65. The molecule has 22 heavy (non-hydrogen) atoms. The highest BCUT2D eigenvalue weighted by Gasteiger charge is 2.53. The largest absolute Gasteiger partial charge is 0.393 e. The number of H-pyrrole nitrogens is 2. The van der Waals surface area contributed by atoms with E-state index in [9.17, 15) is 5.11 Å². The summed E-state index contributed by atoms with van der Waals surface area (Å²) < 4.78 is 1.93. The molecule has 1 fully saturated rings. The van der Waals surface area contributed by atoms with Crippen LogP contribution in [0.25, 0.3) is 22.3 Å². The first-order valence-electron chi connectivity index (χ1n) is 7.16. The van der Waals surface area contributed by atoms with Gasteiger partial charge in [-0.1, -0.05) is 0 Å². The molecule has 0 aliphatic heterocycles. The SMILES string of the molecule is N#CCC1([n+]2cc(-c3ncnc4[nH]ccc34)c[nH]2)CC(O)C1. The summed E-state index contributed by atoms with van der Waals surface area (Å²) in [5, 5.41) is 22.9. The normalized spacial score (nSPS) is 24.1. The van der Waals surface area contributed by atoms with E-state index in [1.807, 2.05) is 29.3 Å². The van der Waals surface area contributed by atoms with Gasteiger partial charge < -0.3 is 10.1 Å². The summed E-state index contributed by atoms with van der Waals surface area (Å²) in [6.45, 7) is 0. The Bertz CT molecular complexity index is 867. The van der Waals surface area contributed by atoms with Gasteiger partial charge in [-0.3, -0.25) is 0 Å². The van der Waals surface area contributed by atoms with Crippen LogP contribution in [0.5, 0.6) is 0 Å². The Morgan fingerprint density at radius 3 is 3.09 bits per heavy atom. The molecule has 110 valence electrons. The van der Waals surface area contributed by atoms with Crippen LogP contribution in [0.1, 0.15) is 19.3 Å². The topological polar surface area (TPSA) is 105 Å². The number of nitriles is 1. The van der Waals surface area contributed by atoms with E-state index < -0.39 is 0 Å². The van der Waals surface area contributed by atoms with Crippen LogP contribution in [0.3, 0.4) is 0 Å². The highest BCUT2D eigenvalue weighted by Crippen LogP contribution is 2.38. The molecule has 1 saturated carbocycles. The number of aromatic nitrogens is 5. The number of nitrogens with zero attached hydrogens (tertiary/aromatic N) is 4. The van der Waals surface area contributed by atoms with Gasteiger partial charge >= 0.3 is 0 Å². The number of fused-ring (bicyclic) bond motifs is 1. The Hall–Kier alpha value is -2.72. The van der Waals surface area contributed by atoms with Gasteiger partial charge in [-0.15, -0.1) is 4.68 Å². The molecule has 0 spiro atoms. The quantitative estimate of drug-likeness (QED) is 0.627. The lowest BCUT2D eigenvalue weighted by Gasteiger charge is -2.36. The summed E-state index contributed by atoms with van der Waals surface area (Å²) in [7, 11) is 0. The van der Waals surface area contributed by atoms with Crippen LogP contribution in [-0.2, 0) is 5.54 Å². The molecule has 3 aromatic rings. The molecule has 7 heteroatoms. The molecule has 0 bridgehead atoms. The van der Waals surface area contributed by atoms with Crippen molar-refractivity contribution in [3.8, 4) is 17.3 Å². The van der Waals surface area contributed by atoms with Crippen molar-refractivity contribution in [2.75, 3.05) is 0 Å². The molecule has 1 aliphatic carbocycles. The van der Waals surface area contributed by atoms with Crippen LogP contribution in [-0.4, -0.2) is 31.3 Å². The van der Waals surface area contributed by atoms with E-state index in [1.54, 1.807) is 0 Å². The Morgan fingerprint density at radius 1 is 1.45 bits per heavy atom. The average molecular weight is 295 g/mol. The fourth-order valence-electron chi connectivity index (χ4n) is 3.25. The molecule has 4 rings (SSSR count). The van der Waals surface area contributed by atoms with Crippen molar-refractivity contribution in [3.63, 3.8) is 0 Å². The second kappa shape index (κ2) is 4.64. The summed E-state index contributed by atoms with van der Waals surface area (Å²) >= 11 is 0. The fourth-order valence-corrected chi connectivity index (χ4v) is 3.25. The number of hydrogen-bond donors (Lipinski definition) is 3.